The van der Waals surface area contributed by atoms with Crippen LogP contribution >= 0.6 is 0 Å². The summed E-state index contributed by atoms with van der Waals surface area (Å²) in [6.45, 7) is 14.2. The lowest BCUT2D eigenvalue weighted by Gasteiger charge is -2.55. The van der Waals surface area contributed by atoms with Crippen LogP contribution in [0.25, 0.3) is 0 Å². The molecule has 0 aromatic heterocycles. The van der Waals surface area contributed by atoms with Gasteiger partial charge in [0, 0.05) is 23.7 Å². The van der Waals surface area contributed by atoms with Crippen LogP contribution in [0.15, 0.2) is 30.3 Å². The molecule has 1 aromatic carbocycles. The third kappa shape index (κ3) is 5.32. The summed E-state index contributed by atoms with van der Waals surface area (Å²) in [5.74, 6) is 0. The van der Waals surface area contributed by atoms with Crippen molar-refractivity contribution in [1.82, 2.24) is 10.2 Å². The Balaban J connectivity index is 1.95. The van der Waals surface area contributed by atoms with Crippen LogP contribution in [0.2, 0.25) is 0 Å². The van der Waals surface area contributed by atoms with Gasteiger partial charge in [-0.1, -0.05) is 56.5 Å². The van der Waals surface area contributed by atoms with Crippen molar-refractivity contribution in [3.05, 3.63) is 35.9 Å². The highest BCUT2D eigenvalue weighted by Crippen LogP contribution is 2.39. The van der Waals surface area contributed by atoms with Gasteiger partial charge in [-0.05, 0) is 59.1 Å². The molecule has 1 saturated heterocycles. The number of hydrogen-bond donors (Lipinski definition) is 1. The van der Waals surface area contributed by atoms with Crippen LogP contribution in [-0.2, 0) is 6.54 Å². The van der Waals surface area contributed by atoms with Gasteiger partial charge in [0.25, 0.3) is 0 Å². The SMILES string of the molecule is CCCCCCNC1CC(C)(C)N(Cc2ccccc2)C(C)(C)C1. The average Bonchev–Trinajstić information content (AvgIpc) is 2.51. The molecule has 0 unspecified atom stereocenters. The van der Waals surface area contributed by atoms with Crippen LogP contribution in [0.1, 0.15) is 78.7 Å². The number of likely N-dealkylation sites (tertiary alicyclic amines) is 1. The zero-order valence-electron chi connectivity index (χ0n) is 16.6. The number of benzene rings is 1. The smallest absolute Gasteiger partial charge is 0.0244 e. The van der Waals surface area contributed by atoms with Crippen LogP contribution in [-0.4, -0.2) is 28.6 Å². The minimum Gasteiger partial charge on any atom is -0.314 e. The van der Waals surface area contributed by atoms with Crippen molar-refractivity contribution in [2.45, 2.75) is 96.8 Å². The molecule has 0 amide bonds. The molecule has 136 valence electrons. The first kappa shape index (κ1) is 19.5. The van der Waals surface area contributed by atoms with Gasteiger partial charge < -0.3 is 5.32 Å². The van der Waals surface area contributed by atoms with Gasteiger partial charge in [-0.2, -0.15) is 0 Å². The van der Waals surface area contributed by atoms with Gasteiger partial charge in [0.1, 0.15) is 0 Å². The molecule has 2 rings (SSSR count). The molecule has 0 aliphatic carbocycles. The molecule has 0 radical (unpaired) electrons. The van der Waals surface area contributed by atoms with E-state index < -0.39 is 0 Å². The van der Waals surface area contributed by atoms with E-state index in [9.17, 15) is 0 Å². The molecule has 0 saturated carbocycles. The second-order valence-electron chi connectivity index (χ2n) is 8.82. The monoisotopic (exact) mass is 330 g/mol. The second-order valence-corrected chi connectivity index (χ2v) is 8.82. The quantitative estimate of drug-likeness (QED) is 0.644. The van der Waals surface area contributed by atoms with Crippen LogP contribution in [0, 0.1) is 0 Å². The Morgan fingerprint density at radius 2 is 1.58 bits per heavy atom. The maximum atomic E-state index is 3.85. The number of hydrogen-bond acceptors (Lipinski definition) is 2. The van der Waals surface area contributed by atoms with E-state index in [2.05, 4.69) is 75.2 Å². The number of rotatable bonds is 8. The molecule has 24 heavy (non-hydrogen) atoms. The summed E-state index contributed by atoms with van der Waals surface area (Å²) in [7, 11) is 0. The van der Waals surface area contributed by atoms with Crippen molar-refractivity contribution in [1.29, 1.82) is 0 Å². The topological polar surface area (TPSA) is 15.3 Å². The first-order valence-electron chi connectivity index (χ1n) is 9.90. The molecule has 1 aliphatic rings. The third-order valence-electron chi connectivity index (χ3n) is 5.60. The normalized spacial score (nSPS) is 21.0. The Labute approximate surface area is 150 Å². The van der Waals surface area contributed by atoms with Gasteiger partial charge >= 0.3 is 0 Å². The molecule has 0 atom stereocenters. The maximum absolute atomic E-state index is 3.85. The third-order valence-corrected chi connectivity index (χ3v) is 5.60. The second kappa shape index (κ2) is 8.49. The van der Waals surface area contributed by atoms with Gasteiger partial charge in [-0.25, -0.2) is 0 Å². The summed E-state index contributed by atoms with van der Waals surface area (Å²) < 4.78 is 0. The molecular formula is C22H38N2. The maximum Gasteiger partial charge on any atom is 0.0244 e. The molecule has 0 spiro atoms. The summed E-state index contributed by atoms with van der Waals surface area (Å²) in [6.07, 6.45) is 7.84. The van der Waals surface area contributed by atoms with E-state index >= 15 is 0 Å². The lowest BCUT2D eigenvalue weighted by Crippen LogP contribution is -2.63. The Kier molecular flexibility index (Phi) is 6.88. The van der Waals surface area contributed by atoms with Gasteiger partial charge in [0.15, 0.2) is 0 Å². The fourth-order valence-electron chi connectivity index (χ4n) is 4.51. The zero-order chi connectivity index (χ0) is 17.6. The number of nitrogens with zero attached hydrogens (tertiary/aromatic N) is 1. The summed E-state index contributed by atoms with van der Waals surface area (Å²) in [5.41, 5.74) is 1.86. The summed E-state index contributed by atoms with van der Waals surface area (Å²) in [4.78, 5) is 2.71. The van der Waals surface area contributed by atoms with Gasteiger partial charge in [0.2, 0.25) is 0 Å². The Bertz CT molecular complexity index is 460. The van der Waals surface area contributed by atoms with Crippen molar-refractivity contribution in [2.24, 2.45) is 0 Å². The molecule has 2 nitrogen and oxygen atoms in total. The fourth-order valence-corrected chi connectivity index (χ4v) is 4.51. The molecule has 1 aromatic rings. The molecular weight excluding hydrogens is 292 g/mol. The molecule has 1 heterocycles. The molecule has 1 aliphatic heterocycles. The predicted molar refractivity (Wildman–Crippen MR) is 105 cm³/mol. The van der Waals surface area contributed by atoms with E-state index in [0.717, 1.165) is 6.54 Å². The molecule has 0 bridgehead atoms. The number of unbranched alkanes of at least 4 members (excludes halogenated alkanes) is 3. The Hall–Kier alpha value is -0.860. The zero-order valence-corrected chi connectivity index (χ0v) is 16.6. The van der Waals surface area contributed by atoms with E-state index in [4.69, 9.17) is 0 Å². The van der Waals surface area contributed by atoms with Crippen molar-refractivity contribution in [3.63, 3.8) is 0 Å². The van der Waals surface area contributed by atoms with E-state index in [0.29, 0.717) is 6.04 Å². The highest BCUT2D eigenvalue weighted by atomic mass is 15.3. The van der Waals surface area contributed by atoms with Crippen molar-refractivity contribution < 1.29 is 0 Å². The standard InChI is InChI=1S/C22H38N2/c1-6-7-8-12-15-23-20-16-21(2,3)24(22(4,5)17-20)18-19-13-10-9-11-14-19/h9-11,13-14,20,23H,6-8,12,15-18H2,1-5H3. The molecule has 1 N–H and O–H groups in total. The van der Waals surface area contributed by atoms with E-state index in [-0.39, 0.29) is 11.1 Å². The summed E-state index contributed by atoms with van der Waals surface area (Å²) >= 11 is 0. The van der Waals surface area contributed by atoms with E-state index in [1.54, 1.807) is 0 Å². The number of piperidine rings is 1. The first-order valence-corrected chi connectivity index (χ1v) is 9.90. The van der Waals surface area contributed by atoms with Crippen molar-refractivity contribution >= 4 is 0 Å². The lowest BCUT2D eigenvalue weighted by atomic mass is 9.76. The molecule has 2 heteroatoms. The lowest BCUT2D eigenvalue weighted by molar-refractivity contribution is -0.0475. The predicted octanol–water partition coefficient (Wildman–Crippen LogP) is 5.38. The highest BCUT2D eigenvalue weighted by Gasteiger charge is 2.44. The van der Waals surface area contributed by atoms with Crippen molar-refractivity contribution in [3.8, 4) is 0 Å². The van der Waals surface area contributed by atoms with E-state index in [1.807, 2.05) is 0 Å². The minimum atomic E-state index is 0.221. The van der Waals surface area contributed by atoms with Gasteiger partial charge in [-0.3, -0.25) is 4.90 Å². The highest BCUT2D eigenvalue weighted by molar-refractivity contribution is 5.16. The largest absolute Gasteiger partial charge is 0.314 e. The van der Waals surface area contributed by atoms with Crippen LogP contribution in [0.3, 0.4) is 0 Å². The molecule has 1 fully saturated rings. The van der Waals surface area contributed by atoms with Crippen LogP contribution < -0.4 is 5.32 Å². The summed E-state index contributed by atoms with van der Waals surface area (Å²) in [5, 5.41) is 3.85. The average molecular weight is 331 g/mol. The summed E-state index contributed by atoms with van der Waals surface area (Å²) in [6, 6.07) is 11.6. The van der Waals surface area contributed by atoms with Gasteiger partial charge in [-0.15, -0.1) is 0 Å². The Morgan fingerprint density at radius 1 is 0.958 bits per heavy atom. The van der Waals surface area contributed by atoms with Gasteiger partial charge in [0.05, 0.1) is 0 Å². The fraction of sp³-hybridized carbons (Fsp3) is 0.727. The minimum absolute atomic E-state index is 0.221. The Morgan fingerprint density at radius 3 is 2.17 bits per heavy atom. The van der Waals surface area contributed by atoms with Crippen LogP contribution in [0.5, 0.6) is 0 Å². The first-order chi connectivity index (χ1) is 11.3. The number of nitrogens with one attached hydrogen (secondary N) is 1. The van der Waals surface area contributed by atoms with Crippen molar-refractivity contribution in [2.75, 3.05) is 6.54 Å². The van der Waals surface area contributed by atoms with E-state index in [1.165, 1.54) is 50.6 Å². The van der Waals surface area contributed by atoms with Crippen LogP contribution in [0.4, 0.5) is 0 Å².